The largest absolute Gasteiger partial charge is 0.481 e. The fourth-order valence-corrected chi connectivity index (χ4v) is 2.65. The molecule has 0 saturated heterocycles. The lowest BCUT2D eigenvalue weighted by atomic mass is 10.0. The molecular formula is C15H19NO4. The van der Waals surface area contributed by atoms with Crippen molar-refractivity contribution in [3.05, 3.63) is 29.8 Å². The monoisotopic (exact) mass is 277 g/mol. The number of para-hydroxylation sites is 1. The molecule has 0 bridgehead atoms. The van der Waals surface area contributed by atoms with Gasteiger partial charge in [0.05, 0.1) is 12.0 Å². The molecule has 0 spiro atoms. The van der Waals surface area contributed by atoms with Crippen molar-refractivity contribution in [2.75, 3.05) is 5.32 Å². The third-order valence-electron chi connectivity index (χ3n) is 3.82. The van der Waals surface area contributed by atoms with Crippen LogP contribution in [-0.2, 0) is 9.59 Å². The number of aliphatic hydroxyl groups is 1. The van der Waals surface area contributed by atoms with Gasteiger partial charge in [0.25, 0.3) is 0 Å². The van der Waals surface area contributed by atoms with Crippen molar-refractivity contribution in [1.82, 2.24) is 0 Å². The molecule has 20 heavy (non-hydrogen) atoms. The fourth-order valence-electron chi connectivity index (χ4n) is 2.65. The molecule has 3 unspecified atom stereocenters. The number of aliphatic carboxylic acids is 1. The number of benzene rings is 1. The van der Waals surface area contributed by atoms with Gasteiger partial charge in [-0.15, -0.1) is 0 Å². The maximum absolute atomic E-state index is 12.2. The first-order chi connectivity index (χ1) is 9.49. The van der Waals surface area contributed by atoms with Crippen LogP contribution >= 0.6 is 0 Å². The van der Waals surface area contributed by atoms with Crippen LogP contribution in [-0.4, -0.2) is 22.1 Å². The van der Waals surface area contributed by atoms with Crippen LogP contribution in [0.3, 0.4) is 0 Å². The summed E-state index contributed by atoms with van der Waals surface area (Å²) in [7, 11) is 0. The highest BCUT2D eigenvalue weighted by Crippen LogP contribution is 2.32. The highest BCUT2D eigenvalue weighted by atomic mass is 16.4. The summed E-state index contributed by atoms with van der Waals surface area (Å²) in [6, 6.07) is 7.09. The van der Waals surface area contributed by atoms with Gasteiger partial charge in [-0.1, -0.05) is 18.2 Å². The molecule has 0 aliphatic heterocycles. The summed E-state index contributed by atoms with van der Waals surface area (Å²) in [4.78, 5) is 23.1. The number of carbonyl (C=O) groups is 2. The fraction of sp³-hybridized carbons (Fsp3) is 0.467. The van der Waals surface area contributed by atoms with Crippen LogP contribution in [0.5, 0.6) is 0 Å². The first-order valence-electron chi connectivity index (χ1n) is 6.79. The minimum atomic E-state index is -0.829. The second-order valence-corrected chi connectivity index (χ2v) is 5.30. The number of hydrogen-bond donors (Lipinski definition) is 3. The number of hydrogen-bond acceptors (Lipinski definition) is 3. The molecule has 1 aromatic carbocycles. The Morgan fingerprint density at radius 1 is 1.25 bits per heavy atom. The minimum absolute atomic E-state index is 0.165. The lowest BCUT2D eigenvalue weighted by Crippen LogP contribution is -2.22. The van der Waals surface area contributed by atoms with Crippen molar-refractivity contribution in [1.29, 1.82) is 0 Å². The zero-order valence-electron chi connectivity index (χ0n) is 11.4. The first kappa shape index (κ1) is 14.5. The molecule has 1 aromatic rings. The lowest BCUT2D eigenvalue weighted by molar-refractivity contribution is -0.141. The Morgan fingerprint density at radius 2 is 1.90 bits per heavy atom. The van der Waals surface area contributed by atoms with E-state index in [0.717, 1.165) is 0 Å². The zero-order chi connectivity index (χ0) is 14.7. The molecule has 1 saturated carbocycles. The van der Waals surface area contributed by atoms with E-state index in [1.54, 1.807) is 31.2 Å². The molecule has 108 valence electrons. The second kappa shape index (κ2) is 6.05. The van der Waals surface area contributed by atoms with Gasteiger partial charge in [0.1, 0.15) is 0 Å². The van der Waals surface area contributed by atoms with Gasteiger partial charge >= 0.3 is 5.97 Å². The van der Waals surface area contributed by atoms with E-state index < -0.39 is 18.0 Å². The lowest BCUT2D eigenvalue weighted by Gasteiger charge is -2.15. The molecule has 3 atom stereocenters. The average molecular weight is 277 g/mol. The normalized spacial score (nSPS) is 23.3. The van der Waals surface area contributed by atoms with Gasteiger partial charge in [-0.05, 0) is 32.3 Å². The summed E-state index contributed by atoms with van der Waals surface area (Å²) in [5.41, 5.74) is 1.25. The van der Waals surface area contributed by atoms with E-state index in [1.807, 2.05) is 0 Å². The first-order valence-corrected chi connectivity index (χ1v) is 6.79. The third-order valence-corrected chi connectivity index (χ3v) is 3.82. The number of carboxylic acid groups (broad SMARTS) is 1. The number of carboxylic acids is 1. The molecule has 0 aromatic heterocycles. The quantitative estimate of drug-likeness (QED) is 0.787. The average Bonchev–Trinajstić information content (AvgIpc) is 2.89. The Morgan fingerprint density at radius 3 is 2.50 bits per heavy atom. The van der Waals surface area contributed by atoms with Gasteiger partial charge in [-0.25, -0.2) is 0 Å². The molecule has 5 heteroatoms. The number of carbonyl (C=O) groups excluding carboxylic acids is 1. The Balaban J connectivity index is 2.04. The molecule has 0 heterocycles. The van der Waals surface area contributed by atoms with Crippen molar-refractivity contribution < 1.29 is 19.8 Å². The Labute approximate surface area is 117 Å². The van der Waals surface area contributed by atoms with Gasteiger partial charge in [0.2, 0.25) is 5.91 Å². The van der Waals surface area contributed by atoms with E-state index in [1.165, 1.54) is 0 Å². The van der Waals surface area contributed by atoms with Crippen molar-refractivity contribution in [3.8, 4) is 0 Å². The van der Waals surface area contributed by atoms with Crippen LogP contribution in [0.1, 0.15) is 37.9 Å². The summed E-state index contributed by atoms with van der Waals surface area (Å²) < 4.78 is 0. The number of aliphatic hydroxyl groups excluding tert-OH is 1. The van der Waals surface area contributed by atoms with E-state index in [9.17, 15) is 14.7 Å². The molecule has 1 aliphatic carbocycles. The summed E-state index contributed by atoms with van der Waals surface area (Å²) in [6.45, 7) is 1.64. The van der Waals surface area contributed by atoms with E-state index >= 15 is 0 Å². The van der Waals surface area contributed by atoms with Gasteiger partial charge in [-0.2, -0.15) is 0 Å². The van der Waals surface area contributed by atoms with E-state index in [0.29, 0.717) is 30.5 Å². The van der Waals surface area contributed by atoms with Crippen LogP contribution in [0.2, 0.25) is 0 Å². The second-order valence-electron chi connectivity index (χ2n) is 5.30. The smallest absolute Gasteiger partial charge is 0.306 e. The van der Waals surface area contributed by atoms with Crippen LogP contribution in [0.25, 0.3) is 0 Å². The highest BCUT2D eigenvalue weighted by molar-refractivity contribution is 5.94. The number of nitrogens with one attached hydrogen (secondary N) is 1. The van der Waals surface area contributed by atoms with Crippen molar-refractivity contribution >= 4 is 17.6 Å². The standard InChI is InChI=1S/C15H19NO4/c1-9(17)12-4-2-3-5-13(12)16-14(18)10-6-7-11(8-10)15(19)20/h2-5,9-11,17H,6-8H2,1H3,(H,16,18)(H,19,20). The molecule has 1 fully saturated rings. The minimum Gasteiger partial charge on any atom is -0.481 e. The third kappa shape index (κ3) is 3.17. The molecule has 1 aliphatic rings. The number of rotatable bonds is 4. The van der Waals surface area contributed by atoms with E-state index in [-0.39, 0.29) is 11.8 Å². The molecule has 5 nitrogen and oxygen atoms in total. The summed E-state index contributed by atoms with van der Waals surface area (Å²) in [5, 5.41) is 21.4. The maximum Gasteiger partial charge on any atom is 0.306 e. The van der Waals surface area contributed by atoms with Gasteiger partial charge < -0.3 is 15.5 Å². The van der Waals surface area contributed by atoms with Gasteiger partial charge in [0.15, 0.2) is 0 Å². The molecular weight excluding hydrogens is 258 g/mol. The van der Waals surface area contributed by atoms with Crippen LogP contribution in [0.15, 0.2) is 24.3 Å². The summed E-state index contributed by atoms with van der Waals surface area (Å²) in [5.74, 6) is -1.68. The maximum atomic E-state index is 12.2. The van der Waals surface area contributed by atoms with Crippen molar-refractivity contribution in [2.24, 2.45) is 11.8 Å². The molecule has 2 rings (SSSR count). The highest BCUT2D eigenvalue weighted by Gasteiger charge is 2.34. The van der Waals surface area contributed by atoms with E-state index in [2.05, 4.69) is 5.32 Å². The predicted octanol–water partition coefficient (Wildman–Crippen LogP) is 2.18. The van der Waals surface area contributed by atoms with E-state index in [4.69, 9.17) is 5.11 Å². The number of anilines is 1. The Kier molecular flexibility index (Phi) is 4.39. The van der Waals surface area contributed by atoms with Crippen LogP contribution in [0, 0.1) is 11.8 Å². The summed E-state index contributed by atoms with van der Waals surface area (Å²) >= 11 is 0. The van der Waals surface area contributed by atoms with Crippen molar-refractivity contribution in [3.63, 3.8) is 0 Å². The van der Waals surface area contributed by atoms with Gasteiger partial charge in [-0.3, -0.25) is 9.59 Å². The topological polar surface area (TPSA) is 86.6 Å². The zero-order valence-corrected chi connectivity index (χ0v) is 11.4. The van der Waals surface area contributed by atoms with Crippen LogP contribution < -0.4 is 5.32 Å². The molecule has 3 N–H and O–H groups in total. The van der Waals surface area contributed by atoms with Crippen LogP contribution in [0.4, 0.5) is 5.69 Å². The SMILES string of the molecule is CC(O)c1ccccc1NC(=O)C1CCC(C(=O)O)C1. The summed E-state index contributed by atoms with van der Waals surface area (Å²) in [6.07, 6.45) is 0.866. The Bertz CT molecular complexity index is 512. The predicted molar refractivity (Wildman–Crippen MR) is 74.2 cm³/mol. The number of amides is 1. The Hall–Kier alpha value is -1.88. The van der Waals surface area contributed by atoms with Crippen molar-refractivity contribution in [2.45, 2.75) is 32.3 Å². The molecule has 1 amide bonds. The van der Waals surface area contributed by atoms with Gasteiger partial charge in [0, 0.05) is 17.2 Å². The molecule has 0 radical (unpaired) electrons.